The summed E-state index contributed by atoms with van der Waals surface area (Å²) in [6.45, 7) is 2.06. The summed E-state index contributed by atoms with van der Waals surface area (Å²) in [4.78, 5) is 46.0. The van der Waals surface area contributed by atoms with Crippen molar-refractivity contribution in [2.24, 2.45) is 5.73 Å². The maximum atomic E-state index is 12.9. The number of piperidine rings is 1. The number of urea groups is 1. The highest BCUT2D eigenvalue weighted by Crippen LogP contribution is 2.24. The Morgan fingerprint density at radius 1 is 1.12 bits per heavy atom. The Balaban J connectivity index is 1.33. The standard InChI is InChI=1S/C23H27N5O5/c1-32-17-6-4-16(5-7-17)28-12-11-27(23(28)31)15-21(29)26-10-2-3-19(14-26)33-18-8-9-25-20(13-18)22(24)30/h4-9,13,19H,2-3,10-12,14-15H2,1H3,(H2,24,30). The van der Waals surface area contributed by atoms with Gasteiger partial charge in [0.25, 0.3) is 5.91 Å². The minimum Gasteiger partial charge on any atom is -0.497 e. The molecular formula is C23H27N5O5. The fraction of sp³-hybridized carbons (Fsp3) is 0.391. The van der Waals surface area contributed by atoms with E-state index >= 15 is 0 Å². The first-order valence-electron chi connectivity index (χ1n) is 10.9. The second-order valence-corrected chi connectivity index (χ2v) is 8.02. The number of methoxy groups -OCH3 is 1. The van der Waals surface area contributed by atoms with Gasteiger partial charge in [-0.2, -0.15) is 0 Å². The van der Waals surface area contributed by atoms with Crippen molar-refractivity contribution in [3.05, 3.63) is 48.3 Å². The van der Waals surface area contributed by atoms with Crippen molar-refractivity contribution in [1.29, 1.82) is 0 Å². The van der Waals surface area contributed by atoms with E-state index < -0.39 is 5.91 Å². The number of aromatic nitrogens is 1. The normalized spacial score (nSPS) is 18.4. The summed E-state index contributed by atoms with van der Waals surface area (Å²) in [5.74, 6) is 0.473. The number of nitrogens with two attached hydrogens (primary N) is 1. The Kier molecular flexibility index (Phi) is 6.62. The van der Waals surface area contributed by atoms with Gasteiger partial charge in [0.05, 0.1) is 13.7 Å². The van der Waals surface area contributed by atoms with Crippen LogP contribution in [0.2, 0.25) is 0 Å². The van der Waals surface area contributed by atoms with Crippen LogP contribution in [0.25, 0.3) is 0 Å². The van der Waals surface area contributed by atoms with Gasteiger partial charge in [-0.1, -0.05) is 0 Å². The summed E-state index contributed by atoms with van der Waals surface area (Å²) in [7, 11) is 1.59. The Morgan fingerprint density at radius 2 is 1.91 bits per heavy atom. The molecule has 2 aliphatic rings. The number of carbonyl (C=O) groups excluding carboxylic acids is 3. The third kappa shape index (κ3) is 5.16. The zero-order valence-corrected chi connectivity index (χ0v) is 18.5. The number of amides is 4. The molecule has 0 bridgehead atoms. The lowest BCUT2D eigenvalue weighted by molar-refractivity contribution is -0.134. The van der Waals surface area contributed by atoms with Crippen molar-refractivity contribution < 1.29 is 23.9 Å². The highest BCUT2D eigenvalue weighted by Gasteiger charge is 2.33. The summed E-state index contributed by atoms with van der Waals surface area (Å²) >= 11 is 0. The third-order valence-electron chi connectivity index (χ3n) is 5.82. The fourth-order valence-electron chi connectivity index (χ4n) is 4.07. The summed E-state index contributed by atoms with van der Waals surface area (Å²) in [5.41, 5.74) is 6.18. The predicted molar refractivity (Wildman–Crippen MR) is 120 cm³/mol. The second-order valence-electron chi connectivity index (χ2n) is 8.02. The Bertz CT molecular complexity index is 1030. The number of rotatable bonds is 7. The molecule has 2 fully saturated rings. The number of carbonyl (C=O) groups is 3. The van der Waals surface area contributed by atoms with Crippen LogP contribution >= 0.6 is 0 Å². The summed E-state index contributed by atoms with van der Waals surface area (Å²) in [6, 6.07) is 10.2. The predicted octanol–water partition coefficient (Wildman–Crippen LogP) is 1.50. The molecule has 1 aromatic heterocycles. The first-order chi connectivity index (χ1) is 15.9. The van der Waals surface area contributed by atoms with Crippen LogP contribution in [0.1, 0.15) is 23.3 Å². The fourth-order valence-corrected chi connectivity index (χ4v) is 4.07. The van der Waals surface area contributed by atoms with Gasteiger partial charge < -0.3 is 25.0 Å². The molecule has 2 N–H and O–H groups in total. The molecule has 1 unspecified atom stereocenters. The Labute approximate surface area is 191 Å². The van der Waals surface area contributed by atoms with E-state index in [1.165, 1.54) is 12.3 Å². The van der Waals surface area contributed by atoms with Gasteiger partial charge in [-0.25, -0.2) is 4.79 Å². The molecule has 0 aliphatic carbocycles. The molecule has 0 saturated carbocycles. The largest absolute Gasteiger partial charge is 0.497 e. The van der Waals surface area contributed by atoms with E-state index in [9.17, 15) is 14.4 Å². The summed E-state index contributed by atoms with van der Waals surface area (Å²) in [6.07, 6.45) is 2.83. The van der Waals surface area contributed by atoms with Crippen molar-refractivity contribution in [3.63, 3.8) is 0 Å². The maximum Gasteiger partial charge on any atom is 0.325 e. The smallest absolute Gasteiger partial charge is 0.325 e. The first kappa shape index (κ1) is 22.4. The van der Waals surface area contributed by atoms with Crippen LogP contribution in [0.4, 0.5) is 10.5 Å². The van der Waals surface area contributed by atoms with E-state index in [4.69, 9.17) is 15.2 Å². The molecule has 174 valence electrons. The minimum atomic E-state index is -0.625. The van der Waals surface area contributed by atoms with E-state index in [-0.39, 0.29) is 30.3 Å². The van der Waals surface area contributed by atoms with E-state index in [1.807, 2.05) is 12.1 Å². The average molecular weight is 453 g/mol. The average Bonchev–Trinajstić information content (AvgIpc) is 3.19. The minimum absolute atomic E-state index is 0.0271. The molecule has 1 aromatic carbocycles. The van der Waals surface area contributed by atoms with E-state index in [2.05, 4.69) is 4.98 Å². The molecular weight excluding hydrogens is 426 g/mol. The number of nitrogens with zero attached hydrogens (tertiary/aromatic N) is 4. The number of hydrogen-bond acceptors (Lipinski definition) is 6. The molecule has 0 spiro atoms. The highest BCUT2D eigenvalue weighted by atomic mass is 16.5. The van der Waals surface area contributed by atoms with Crippen LogP contribution in [0.3, 0.4) is 0 Å². The number of ether oxygens (including phenoxy) is 2. The Hall–Kier alpha value is -3.82. The van der Waals surface area contributed by atoms with E-state index in [0.29, 0.717) is 31.9 Å². The zero-order valence-electron chi connectivity index (χ0n) is 18.5. The SMILES string of the molecule is COc1ccc(N2CCN(CC(=O)N3CCCC(Oc4ccnc(C(N)=O)c4)C3)C2=O)cc1. The van der Waals surface area contributed by atoms with E-state index in [0.717, 1.165) is 24.3 Å². The number of primary amides is 1. The molecule has 0 radical (unpaired) electrons. The molecule has 1 atom stereocenters. The number of likely N-dealkylation sites (tertiary alicyclic amines) is 1. The lowest BCUT2D eigenvalue weighted by Gasteiger charge is -2.33. The van der Waals surface area contributed by atoms with Crippen LogP contribution in [-0.4, -0.2) is 78.6 Å². The number of hydrogen-bond donors (Lipinski definition) is 1. The molecule has 2 saturated heterocycles. The van der Waals surface area contributed by atoms with Crippen LogP contribution in [-0.2, 0) is 4.79 Å². The highest BCUT2D eigenvalue weighted by molar-refractivity contribution is 5.96. The Morgan fingerprint density at radius 3 is 2.64 bits per heavy atom. The van der Waals surface area contributed by atoms with Crippen LogP contribution < -0.4 is 20.1 Å². The van der Waals surface area contributed by atoms with Gasteiger partial charge in [-0.3, -0.25) is 19.5 Å². The lowest BCUT2D eigenvalue weighted by atomic mass is 10.1. The quantitative estimate of drug-likeness (QED) is 0.679. The van der Waals surface area contributed by atoms with Crippen LogP contribution in [0.5, 0.6) is 11.5 Å². The van der Waals surface area contributed by atoms with Crippen molar-refractivity contribution in [3.8, 4) is 11.5 Å². The monoisotopic (exact) mass is 453 g/mol. The number of benzene rings is 1. The first-order valence-corrected chi connectivity index (χ1v) is 10.9. The van der Waals surface area contributed by atoms with Gasteiger partial charge in [0.2, 0.25) is 5.91 Å². The molecule has 2 aliphatic heterocycles. The van der Waals surface area contributed by atoms with Crippen LogP contribution in [0, 0.1) is 0 Å². The van der Waals surface area contributed by atoms with Gasteiger partial charge in [0, 0.05) is 37.6 Å². The van der Waals surface area contributed by atoms with Gasteiger partial charge in [0.1, 0.15) is 29.8 Å². The molecule has 10 heteroatoms. The molecule has 4 rings (SSSR count). The molecule has 33 heavy (non-hydrogen) atoms. The van der Waals surface area contributed by atoms with Gasteiger partial charge in [0.15, 0.2) is 0 Å². The van der Waals surface area contributed by atoms with Crippen molar-refractivity contribution >= 4 is 23.5 Å². The third-order valence-corrected chi connectivity index (χ3v) is 5.82. The topological polar surface area (TPSA) is 118 Å². The van der Waals surface area contributed by atoms with Gasteiger partial charge in [-0.05, 0) is 43.2 Å². The van der Waals surface area contributed by atoms with Crippen molar-refractivity contribution in [2.45, 2.75) is 18.9 Å². The zero-order chi connectivity index (χ0) is 23.4. The number of pyridine rings is 1. The van der Waals surface area contributed by atoms with Crippen LogP contribution in [0.15, 0.2) is 42.6 Å². The molecule has 3 heterocycles. The molecule has 2 aromatic rings. The summed E-state index contributed by atoms with van der Waals surface area (Å²) in [5, 5.41) is 0. The van der Waals surface area contributed by atoms with Crippen molar-refractivity contribution in [2.75, 3.05) is 44.7 Å². The molecule has 4 amide bonds. The van der Waals surface area contributed by atoms with E-state index in [1.54, 1.807) is 40.0 Å². The second kappa shape index (κ2) is 9.76. The number of anilines is 1. The lowest BCUT2D eigenvalue weighted by Crippen LogP contribution is -2.48. The molecule has 10 nitrogen and oxygen atoms in total. The van der Waals surface area contributed by atoms with Gasteiger partial charge in [-0.15, -0.1) is 0 Å². The summed E-state index contributed by atoms with van der Waals surface area (Å²) < 4.78 is 11.1. The maximum absolute atomic E-state index is 12.9. The van der Waals surface area contributed by atoms with Gasteiger partial charge >= 0.3 is 6.03 Å². The van der Waals surface area contributed by atoms with Crippen molar-refractivity contribution in [1.82, 2.24) is 14.8 Å².